The molecule has 0 spiro atoms. The van der Waals surface area contributed by atoms with E-state index < -0.39 is 0 Å². The third-order valence-corrected chi connectivity index (χ3v) is 5.05. The first-order valence-corrected chi connectivity index (χ1v) is 10.2. The first-order valence-electron chi connectivity index (χ1n) is 10.2. The van der Waals surface area contributed by atoms with Crippen LogP contribution in [-0.2, 0) is 4.79 Å². The average Bonchev–Trinajstić information content (AvgIpc) is 2.79. The molecule has 30 heavy (non-hydrogen) atoms. The molecule has 0 heterocycles. The third-order valence-electron chi connectivity index (χ3n) is 5.05. The van der Waals surface area contributed by atoms with Crippen molar-refractivity contribution in [1.29, 1.82) is 0 Å². The highest BCUT2D eigenvalue weighted by atomic mass is 16.2. The quantitative estimate of drug-likeness (QED) is 0.374. The molecular formula is C27H28N2O. The van der Waals surface area contributed by atoms with E-state index in [0.29, 0.717) is 6.42 Å². The summed E-state index contributed by atoms with van der Waals surface area (Å²) in [7, 11) is 3.59. The largest absolute Gasteiger partial charge is 0.348 e. The van der Waals surface area contributed by atoms with Crippen molar-refractivity contribution in [2.75, 3.05) is 14.1 Å². The van der Waals surface area contributed by atoms with Gasteiger partial charge in [0, 0.05) is 25.2 Å². The van der Waals surface area contributed by atoms with Gasteiger partial charge in [-0.15, -0.1) is 6.58 Å². The molecular weight excluding hydrogens is 368 g/mol. The molecule has 0 saturated heterocycles. The van der Waals surface area contributed by atoms with Gasteiger partial charge >= 0.3 is 0 Å². The number of benzene rings is 3. The summed E-state index contributed by atoms with van der Waals surface area (Å²) in [6.45, 7) is 3.94. The van der Waals surface area contributed by atoms with Crippen molar-refractivity contribution in [2.45, 2.75) is 18.4 Å². The summed E-state index contributed by atoms with van der Waals surface area (Å²) < 4.78 is 0. The van der Waals surface area contributed by atoms with E-state index in [1.807, 2.05) is 72.8 Å². The normalized spacial score (nSPS) is 12.5. The zero-order valence-corrected chi connectivity index (χ0v) is 17.6. The maximum Gasteiger partial charge on any atom is 0.231 e. The minimum Gasteiger partial charge on any atom is -0.348 e. The zero-order chi connectivity index (χ0) is 21.3. The van der Waals surface area contributed by atoms with Gasteiger partial charge in [-0.3, -0.25) is 9.79 Å². The number of aliphatic imine (C=N–C) groups is 1. The Labute approximate surface area is 179 Å². The van der Waals surface area contributed by atoms with E-state index in [4.69, 9.17) is 4.99 Å². The van der Waals surface area contributed by atoms with Crippen LogP contribution >= 0.6 is 0 Å². The number of amides is 1. The van der Waals surface area contributed by atoms with Gasteiger partial charge in [0.05, 0.1) is 17.7 Å². The Balaban J connectivity index is 2.16. The topological polar surface area (TPSA) is 32.7 Å². The smallest absolute Gasteiger partial charge is 0.231 e. The molecule has 0 fully saturated rings. The Hall–Kier alpha value is -3.46. The zero-order valence-electron chi connectivity index (χ0n) is 17.6. The molecule has 1 amide bonds. The van der Waals surface area contributed by atoms with Gasteiger partial charge in [-0.05, 0) is 12.0 Å². The van der Waals surface area contributed by atoms with E-state index in [0.717, 1.165) is 22.4 Å². The fraction of sp³-hybridized carbons (Fsp3) is 0.185. The second-order valence-electron chi connectivity index (χ2n) is 7.42. The van der Waals surface area contributed by atoms with Crippen molar-refractivity contribution in [3.05, 3.63) is 120 Å². The number of carbonyl (C=O) groups excluding carboxylic acids is 1. The average molecular weight is 397 g/mol. The first-order chi connectivity index (χ1) is 14.6. The molecule has 2 atom stereocenters. The SMILES string of the molecule is C=CC[C@H](N=C(c1ccccc1)c1ccccc1)[C@H](C(=O)N(C)C)c1ccccc1. The molecule has 3 heteroatoms. The second-order valence-corrected chi connectivity index (χ2v) is 7.42. The molecule has 0 bridgehead atoms. The van der Waals surface area contributed by atoms with Gasteiger partial charge in [-0.1, -0.05) is 97.1 Å². The Morgan fingerprint density at radius 1 is 0.867 bits per heavy atom. The number of carbonyl (C=O) groups is 1. The van der Waals surface area contributed by atoms with Crippen LogP contribution in [-0.4, -0.2) is 36.7 Å². The maximum atomic E-state index is 13.2. The molecule has 0 radical (unpaired) electrons. The number of nitrogens with zero attached hydrogens (tertiary/aromatic N) is 2. The molecule has 3 aromatic rings. The van der Waals surface area contributed by atoms with E-state index in [2.05, 4.69) is 30.8 Å². The second kappa shape index (κ2) is 10.4. The van der Waals surface area contributed by atoms with E-state index >= 15 is 0 Å². The summed E-state index contributed by atoms with van der Waals surface area (Å²) in [6, 6.07) is 29.9. The minimum absolute atomic E-state index is 0.0391. The highest BCUT2D eigenvalue weighted by molar-refractivity contribution is 6.13. The molecule has 0 aliphatic heterocycles. The first kappa shape index (κ1) is 21.3. The molecule has 152 valence electrons. The number of hydrogen-bond acceptors (Lipinski definition) is 2. The Bertz CT molecular complexity index is 938. The maximum absolute atomic E-state index is 13.2. The van der Waals surface area contributed by atoms with Crippen LogP contribution in [0.2, 0.25) is 0 Å². The molecule has 0 aliphatic rings. The van der Waals surface area contributed by atoms with E-state index in [-0.39, 0.29) is 17.9 Å². The summed E-state index contributed by atoms with van der Waals surface area (Å²) in [4.78, 5) is 20.1. The lowest BCUT2D eigenvalue weighted by Gasteiger charge is -2.27. The number of hydrogen-bond donors (Lipinski definition) is 0. The molecule has 0 unspecified atom stereocenters. The van der Waals surface area contributed by atoms with Crippen LogP contribution in [0.4, 0.5) is 0 Å². The monoisotopic (exact) mass is 396 g/mol. The van der Waals surface area contributed by atoms with Crippen molar-refractivity contribution >= 4 is 11.6 Å². The van der Waals surface area contributed by atoms with Crippen LogP contribution in [0.1, 0.15) is 29.0 Å². The predicted molar refractivity (Wildman–Crippen MR) is 125 cm³/mol. The van der Waals surface area contributed by atoms with E-state index in [9.17, 15) is 4.79 Å². The van der Waals surface area contributed by atoms with Crippen LogP contribution in [0.3, 0.4) is 0 Å². The van der Waals surface area contributed by atoms with Gasteiger partial charge in [-0.25, -0.2) is 0 Å². The lowest BCUT2D eigenvalue weighted by molar-refractivity contribution is -0.130. The highest BCUT2D eigenvalue weighted by Gasteiger charge is 2.31. The van der Waals surface area contributed by atoms with Crippen LogP contribution in [0.15, 0.2) is 109 Å². The highest BCUT2D eigenvalue weighted by Crippen LogP contribution is 2.28. The summed E-state index contributed by atoms with van der Waals surface area (Å²) >= 11 is 0. The van der Waals surface area contributed by atoms with Crippen molar-refractivity contribution < 1.29 is 4.79 Å². The lowest BCUT2D eigenvalue weighted by atomic mass is 9.88. The molecule has 3 nitrogen and oxygen atoms in total. The molecule has 0 saturated carbocycles. The van der Waals surface area contributed by atoms with Gasteiger partial charge in [0.2, 0.25) is 5.91 Å². The van der Waals surface area contributed by atoms with Crippen LogP contribution in [0, 0.1) is 0 Å². The predicted octanol–water partition coefficient (Wildman–Crippen LogP) is 5.34. The van der Waals surface area contributed by atoms with Crippen molar-refractivity contribution in [3.63, 3.8) is 0 Å². The van der Waals surface area contributed by atoms with Gasteiger partial charge in [0.1, 0.15) is 0 Å². The van der Waals surface area contributed by atoms with Crippen molar-refractivity contribution in [3.8, 4) is 0 Å². The lowest BCUT2D eigenvalue weighted by Crippen LogP contribution is -2.35. The van der Waals surface area contributed by atoms with Gasteiger partial charge in [0.15, 0.2) is 0 Å². The molecule has 3 aromatic carbocycles. The molecule has 0 N–H and O–H groups in total. The molecule has 3 rings (SSSR count). The van der Waals surface area contributed by atoms with E-state index in [1.165, 1.54) is 0 Å². The van der Waals surface area contributed by atoms with Crippen LogP contribution < -0.4 is 0 Å². The summed E-state index contributed by atoms with van der Waals surface area (Å²) in [5.41, 5.74) is 3.91. The standard InChI is InChI=1S/C27H28N2O/c1-4-14-24(25(27(30)29(2)3)21-15-8-5-9-16-21)28-26(22-17-10-6-11-18-22)23-19-12-7-13-20-23/h4-13,15-20,24-25H,1,14H2,2-3H3/t24-,25+/m0/s1. The van der Waals surface area contributed by atoms with Crippen molar-refractivity contribution in [2.24, 2.45) is 4.99 Å². The van der Waals surface area contributed by atoms with Crippen LogP contribution in [0.5, 0.6) is 0 Å². The number of rotatable bonds is 8. The Kier molecular flexibility index (Phi) is 7.34. The fourth-order valence-corrected chi connectivity index (χ4v) is 3.58. The number of likely N-dealkylation sites (N-methyl/N-ethyl adjacent to an activating group) is 1. The molecule has 0 aromatic heterocycles. The third kappa shape index (κ3) is 5.12. The minimum atomic E-state index is -0.387. The molecule has 0 aliphatic carbocycles. The fourth-order valence-electron chi connectivity index (χ4n) is 3.58. The van der Waals surface area contributed by atoms with Gasteiger partial charge in [-0.2, -0.15) is 0 Å². The summed E-state index contributed by atoms with van der Waals surface area (Å²) in [5, 5.41) is 0. The van der Waals surface area contributed by atoms with Gasteiger partial charge < -0.3 is 4.90 Å². The Morgan fingerprint density at radius 2 is 1.33 bits per heavy atom. The Morgan fingerprint density at radius 3 is 1.77 bits per heavy atom. The van der Waals surface area contributed by atoms with Gasteiger partial charge in [0.25, 0.3) is 0 Å². The summed E-state index contributed by atoms with van der Waals surface area (Å²) in [5.74, 6) is -0.348. The summed E-state index contributed by atoms with van der Waals surface area (Å²) in [6.07, 6.45) is 2.45. The van der Waals surface area contributed by atoms with Crippen LogP contribution in [0.25, 0.3) is 0 Å². The van der Waals surface area contributed by atoms with Crippen molar-refractivity contribution in [1.82, 2.24) is 4.90 Å². The van der Waals surface area contributed by atoms with E-state index in [1.54, 1.807) is 19.0 Å².